The lowest BCUT2D eigenvalue weighted by Crippen LogP contribution is -2.16. The Morgan fingerprint density at radius 1 is 0.656 bits per heavy atom. The number of ether oxygens (including phenoxy) is 3. The minimum Gasteiger partial charge on any atom is -0.465 e. The number of anilines is 2. The molecule has 4 N–H and O–H groups in total. The van der Waals surface area contributed by atoms with E-state index in [1.807, 2.05) is 60.7 Å². The molecule has 0 aliphatic rings. The molecular formula is C23H33N3O6. The largest absolute Gasteiger partial charge is 0.465 e. The van der Waals surface area contributed by atoms with Gasteiger partial charge < -0.3 is 30.6 Å². The van der Waals surface area contributed by atoms with Crippen molar-refractivity contribution in [2.45, 2.75) is 20.8 Å². The van der Waals surface area contributed by atoms with Crippen LogP contribution in [0.5, 0.6) is 0 Å². The Morgan fingerprint density at radius 3 is 1.25 bits per heavy atom. The maximum absolute atomic E-state index is 10.9. The molecule has 0 spiro atoms. The zero-order valence-electron chi connectivity index (χ0n) is 18.8. The molecule has 0 aliphatic heterocycles. The van der Waals surface area contributed by atoms with Gasteiger partial charge in [-0.1, -0.05) is 36.4 Å². The first-order valence-corrected chi connectivity index (χ1v) is 10.2. The highest BCUT2D eigenvalue weighted by atomic mass is 16.5. The van der Waals surface area contributed by atoms with Crippen molar-refractivity contribution in [1.29, 1.82) is 0 Å². The minimum atomic E-state index is -0.711. The zero-order chi connectivity index (χ0) is 24.0. The standard InChI is InChI=1S/2C10H13NO2.C3H7NO2/c2*1-2-13-10(12)8-11-9-6-4-3-5-7-9;1-2-6-3(4)5/h2*3-7,11H,2,8H2,1H3;2H2,1H3,(H2,4,5). The molecule has 0 heterocycles. The van der Waals surface area contributed by atoms with Crippen molar-refractivity contribution < 1.29 is 28.6 Å². The van der Waals surface area contributed by atoms with Crippen LogP contribution in [0.3, 0.4) is 0 Å². The average molecular weight is 448 g/mol. The van der Waals surface area contributed by atoms with E-state index in [9.17, 15) is 14.4 Å². The van der Waals surface area contributed by atoms with Gasteiger partial charge in [-0.05, 0) is 45.0 Å². The molecule has 0 unspecified atom stereocenters. The fraction of sp³-hybridized carbons (Fsp3) is 0.348. The van der Waals surface area contributed by atoms with Gasteiger partial charge in [0.2, 0.25) is 0 Å². The number of esters is 2. The fourth-order valence-electron chi connectivity index (χ4n) is 2.03. The van der Waals surface area contributed by atoms with Gasteiger partial charge in [-0.25, -0.2) is 4.79 Å². The molecule has 0 fully saturated rings. The number of primary amides is 1. The predicted octanol–water partition coefficient (Wildman–Crippen LogP) is 3.42. The molecule has 176 valence electrons. The van der Waals surface area contributed by atoms with Crippen LogP contribution in [0.15, 0.2) is 60.7 Å². The van der Waals surface area contributed by atoms with Crippen molar-refractivity contribution >= 4 is 29.4 Å². The highest BCUT2D eigenvalue weighted by molar-refractivity contribution is 5.75. The van der Waals surface area contributed by atoms with E-state index in [2.05, 4.69) is 21.1 Å². The second-order valence-corrected chi connectivity index (χ2v) is 5.80. The number of carbonyl (C=O) groups excluding carboxylic acids is 3. The van der Waals surface area contributed by atoms with Gasteiger partial charge in [0.05, 0.1) is 19.8 Å². The minimum absolute atomic E-state index is 0.220. The van der Waals surface area contributed by atoms with Crippen LogP contribution >= 0.6 is 0 Å². The lowest BCUT2D eigenvalue weighted by Gasteiger charge is -2.04. The molecule has 1 amide bonds. The Bertz CT molecular complexity index is 699. The van der Waals surface area contributed by atoms with Crippen molar-refractivity contribution in [2.24, 2.45) is 5.73 Å². The maximum Gasteiger partial charge on any atom is 0.404 e. The summed E-state index contributed by atoms with van der Waals surface area (Å²) >= 11 is 0. The normalized spacial score (nSPS) is 8.97. The molecule has 9 nitrogen and oxygen atoms in total. The number of hydrogen-bond acceptors (Lipinski definition) is 8. The second-order valence-electron chi connectivity index (χ2n) is 5.80. The number of hydrogen-bond donors (Lipinski definition) is 3. The Kier molecular flexibility index (Phi) is 17.0. The van der Waals surface area contributed by atoms with Gasteiger partial charge in [0.25, 0.3) is 0 Å². The van der Waals surface area contributed by atoms with Crippen molar-refractivity contribution in [3.05, 3.63) is 60.7 Å². The molecule has 0 atom stereocenters. The van der Waals surface area contributed by atoms with Crippen LogP contribution in [-0.2, 0) is 23.8 Å². The number of carbonyl (C=O) groups is 3. The van der Waals surface area contributed by atoms with Crippen molar-refractivity contribution in [3.63, 3.8) is 0 Å². The second kappa shape index (κ2) is 19.2. The maximum atomic E-state index is 10.9. The third-order valence-electron chi connectivity index (χ3n) is 3.32. The van der Waals surface area contributed by atoms with Crippen LogP contribution in [0.1, 0.15) is 20.8 Å². The predicted molar refractivity (Wildman–Crippen MR) is 124 cm³/mol. The number of para-hydroxylation sites is 2. The Balaban J connectivity index is 0.000000484. The number of nitrogens with two attached hydrogens (primary N) is 1. The van der Waals surface area contributed by atoms with Crippen molar-refractivity contribution in [3.8, 4) is 0 Å². The molecule has 2 aromatic rings. The van der Waals surface area contributed by atoms with Crippen LogP contribution in [0.2, 0.25) is 0 Å². The molecule has 0 aliphatic carbocycles. The van der Waals surface area contributed by atoms with Gasteiger partial charge in [0.1, 0.15) is 13.1 Å². The van der Waals surface area contributed by atoms with Gasteiger partial charge in [-0.3, -0.25) is 9.59 Å². The van der Waals surface area contributed by atoms with E-state index in [0.717, 1.165) is 11.4 Å². The molecule has 0 saturated carbocycles. The van der Waals surface area contributed by atoms with Crippen molar-refractivity contribution in [2.75, 3.05) is 43.5 Å². The van der Waals surface area contributed by atoms with Crippen LogP contribution in [0.4, 0.5) is 16.2 Å². The summed E-state index contributed by atoms with van der Waals surface area (Å²) in [4.78, 5) is 31.5. The van der Waals surface area contributed by atoms with E-state index >= 15 is 0 Å². The van der Waals surface area contributed by atoms with E-state index in [0.29, 0.717) is 19.8 Å². The van der Waals surface area contributed by atoms with Gasteiger partial charge in [0, 0.05) is 11.4 Å². The topological polar surface area (TPSA) is 129 Å². The van der Waals surface area contributed by atoms with Crippen LogP contribution in [-0.4, -0.2) is 50.9 Å². The van der Waals surface area contributed by atoms with E-state index < -0.39 is 6.09 Å². The molecule has 2 aromatic carbocycles. The van der Waals surface area contributed by atoms with Crippen molar-refractivity contribution in [1.82, 2.24) is 0 Å². The molecule has 9 heteroatoms. The van der Waals surface area contributed by atoms with Gasteiger partial charge >= 0.3 is 18.0 Å². The third kappa shape index (κ3) is 17.1. The van der Waals surface area contributed by atoms with E-state index in [-0.39, 0.29) is 25.0 Å². The SMILES string of the molecule is CCOC(=O)CNc1ccccc1.CCOC(=O)CNc1ccccc1.CCOC(N)=O. The molecule has 0 saturated heterocycles. The summed E-state index contributed by atoms with van der Waals surface area (Å²) in [6.45, 7) is 6.93. The fourth-order valence-corrected chi connectivity index (χ4v) is 2.03. The average Bonchev–Trinajstić information content (AvgIpc) is 2.79. The van der Waals surface area contributed by atoms with Gasteiger partial charge in [-0.2, -0.15) is 0 Å². The molecule has 32 heavy (non-hydrogen) atoms. The Hall–Kier alpha value is -3.75. The van der Waals surface area contributed by atoms with Crippen LogP contribution in [0.25, 0.3) is 0 Å². The molecular weight excluding hydrogens is 414 g/mol. The van der Waals surface area contributed by atoms with Crippen LogP contribution in [0, 0.1) is 0 Å². The highest BCUT2D eigenvalue weighted by Crippen LogP contribution is 2.04. The summed E-state index contributed by atoms with van der Waals surface area (Å²) in [5.74, 6) is -0.460. The lowest BCUT2D eigenvalue weighted by atomic mass is 10.3. The molecule has 0 bridgehead atoms. The Labute approximate surface area is 189 Å². The first-order chi connectivity index (χ1) is 15.4. The summed E-state index contributed by atoms with van der Waals surface area (Å²) < 4.78 is 13.7. The zero-order valence-corrected chi connectivity index (χ0v) is 18.8. The highest BCUT2D eigenvalue weighted by Gasteiger charge is 2.00. The third-order valence-corrected chi connectivity index (χ3v) is 3.32. The van der Waals surface area contributed by atoms with E-state index in [1.165, 1.54) is 0 Å². The number of rotatable bonds is 9. The first kappa shape index (κ1) is 28.2. The number of amides is 1. The molecule has 2 rings (SSSR count). The molecule has 0 aromatic heterocycles. The number of benzene rings is 2. The lowest BCUT2D eigenvalue weighted by molar-refractivity contribution is -0.141. The quantitative estimate of drug-likeness (QED) is 0.394. The summed E-state index contributed by atoms with van der Waals surface area (Å²) in [5.41, 5.74) is 6.39. The Morgan fingerprint density at radius 2 is 1.00 bits per heavy atom. The summed E-state index contributed by atoms with van der Waals surface area (Å²) in [5, 5.41) is 5.91. The molecule has 0 radical (unpaired) electrons. The first-order valence-electron chi connectivity index (χ1n) is 10.2. The summed E-state index contributed by atoms with van der Waals surface area (Å²) in [7, 11) is 0. The van der Waals surface area contributed by atoms with Crippen LogP contribution < -0.4 is 16.4 Å². The summed E-state index contributed by atoms with van der Waals surface area (Å²) in [6, 6.07) is 19.1. The van der Waals surface area contributed by atoms with Gasteiger partial charge in [0.15, 0.2) is 0 Å². The van der Waals surface area contributed by atoms with Gasteiger partial charge in [-0.15, -0.1) is 0 Å². The van der Waals surface area contributed by atoms with E-state index in [1.54, 1.807) is 20.8 Å². The number of nitrogens with one attached hydrogen (secondary N) is 2. The van der Waals surface area contributed by atoms with E-state index in [4.69, 9.17) is 9.47 Å². The summed E-state index contributed by atoms with van der Waals surface area (Å²) in [6.07, 6.45) is -0.711. The monoisotopic (exact) mass is 447 g/mol. The smallest absolute Gasteiger partial charge is 0.404 e.